The third-order valence-corrected chi connectivity index (χ3v) is 4.04. The van der Waals surface area contributed by atoms with Gasteiger partial charge >= 0.3 is 0 Å². The molecule has 1 heterocycles. The van der Waals surface area contributed by atoms with Gasteiger partial charge in [-0.3, -0.25) is 4.79 Å². The van der Waals surface area contributed by atoms with Crippen LogP contribution in [0.2, 0.25) is 25.7 Å². The Morgan fingerprint density at radius 1 is 1.50 bits per heavy atom. The van der Waals surface area contributed by atoms with Crippen LogP contribution in [-0.2, 0) is 4.79 Å². The Labute approximate surface area is 88.5 Å². The Kier molecular flexibility index (Phi) is 4.05. The number of amides is 1. The van der Waals surface area contributed by atoms with Crippen LogP contribution in [0, 0.1) is 6.42 Å². The largest absolute Gasteiger partial charge is 0.349 e. The second-order valence-electron chi connectivity index (χ2n) is 5.45. The Hall–Kier alpha value is -0.443. The van der Waals surface area contributed by atoms with Gasteiger partial charge in [0, 0.05) is 6.42 Å². The normalized spacial score (nSPS) is 23.1. The van der Waals surface area contributed by atoms with Gasteiger partial charge in [-0.1, -0.05) is 19.6 Å². The Bertz CT molecular complexity index is 198. The van der Waals surface area contributed by atoms with Crippen LogP contribution >= 0.6 is 0 Å². The van der Waals surface area contributed by atoms with Crippen molar-refractivity contribution in [3.05, 3.63) is 6.42 Å². The van der Waals surface area contributed by atoms with Crippen molar-refractivity contribution in [2.45, 2.75) is 57.4 Å². The number of hydrogen-bond acceptors (Lipinski definition) is 1. The number of carbonyl (C=O) groups excluding carboxylic acids is 1. The average molecular weight is 212 g/mol. The van der Waals surface area contributed by atoms with Crippen LogP contribution in [0.15, 0.2) is 0 Å². The van der Waals surface area contributed by atoms with E-state index in [-0.39, 0.29) is 5.91 Å². The van der Waals surface area contributed by atoms with Gasteiger partial charge in [-0.05, 0) is 12.8 Å². The summed E-state index contributed by atoms with van der Waals surface area (Å²) in [5.41, 5.74) is 0. The van der Waals surface area contributed by atoms with Crippen molar-refractivity contribution in [2.24, 2.45) is 0 Å². The summed E-state index contributed by atoms with van der Waals surface area (Å²) in [5.74, 6) is 0.239. The molecule has 0 aromatic rings. The lowest BCUT2D eigenvalue weighted by Gasteiger charge is -2.20. The van der Waals surface area contributed by atoms with Crippen LogP contribution in [-0.4, -0.2) is 20.0 Å². The highest BCUT2D eigenvalue weighted by Gasteiger charge is 2.24. The van der Waals surface area contributed by atoms with Crippen LogP contribution in [0.1, 0.15) is 25.7 Å². The van der Waals surface area contributed by atoms with Crippen molar-refractivity contribution in [3.8, 4) is 0 Å². The molecule has 1 fully saturated rings. The predicted octanol–water partition coefficient (Wildman–Crippen LogP) is 2.59. The molecule has 1 aliphatic heterocycles. The number of carbonyl (C=O) groups is 1. The predicted molar refractivity (Wildman–Crippen MR) is 62.9 cm³/mol. The number of nitrogens with one attached hydrogen (secondary N) is 1. The average Bonchev–Trinajstić information content (AvgIpc) is 2.01. The SMILES string of the molecule is C[Si](C)(C)C[CH+]CC1CCCC(=O)N1. The lowest BCUT2D eigenvalue weighted by Crippen LogP contribution is -2.38. The summed E-state index contributed by atoms with van der Waals surface area (Å²) in [5, 5.41) is 3.05. The van der Waals surface area contributed by atoms with Crippen LogP contribution in [0.4, 0.5) is 0 Å². The van der Waals surface area contributed by atoms with Gasteiger partial charge in [0.25, 0.3) is 0 Å². The molecule has 80 valence electrons. The third-order valence-electron chi connectivity index (χ3n) is 2.53. The molecule has 1 atom stereocenters. The van der Waals surface area contributed by atoms with E-state index in [0.717, 1.165) is 25.7 Å². The molecule has 1 aliphatic rings. The highest BCUT2D eigenvalue weighted by atomic mass is 28.3. The van der Waals surface area contributed by atoms with Gasteiger partial charge in [-0.25, -0.2) is 0 Å². The van der Waals surface area contributed by atoms with E-state index in [1.165, 1.54) is 6.04 Å². The quantitative estimate of drug-likeness (QED) is 0.563. The van der Waals surface area contributed by atoms with E-state index >= 15 is 0 Å². The monoisotopic (exact) mass is 212 g/mol. The molecule has 0 aromatic carbocycles. The maximum Gasteiger partial charge on any atom is 0.220 e. The van der Waals surface area contributed by atoms with E-state index in [9.17, 15) is 4.79 Å². The summed E-state index contributed by atoms with van der Waals surface area (Å²) in [6, 6.07) is 1.69. The summed E-state index contributed by atoms with van der Waals surface area (Å²) in [7, 11) is -0.927. The first-order valence-electron chi connectivity index (χ1n) is 5.58. The first-order chi connectivity index (χ1) is 6.47. The summed E-state index contributed by atoms with van der Waals surface area (Å²) in [6.07, 6.45) is 6.40. The van der Waals surface area contributed by atoms with Gasteiger partial charge in [0.15, 0.2) is 0 Å². The Balaban J connectivity index is 2.15. The van der Waals surface area contributed by atoms with Gasteiger partial charge in [0.2, 0.25) is 5.91 Å². The van der Waals surface area contributed by atoms with Crippen LogP contribution in [0.3, 0.4) is 0 Å². The number of hydrogen-bond donors (Lipinski definition) is 1. The van der Waals surface area contributed by atoms with Crippen LogP contribution < -0.4 is 5.32 Å². The minimum absolute atomic E-state index is 0.239. The van der Waals surface area contributed by atoms with E-state index in [2.05, 4.69) is 31.4 Å². The maximum atomic E-state index is 11.1. The minimum Gasteiger partial charge on any atom is -0.349 e. The fourth-order valence-corrected chi connectivity index (χ4v) is 2.81. The fraction of sp³-hybridized carbons (Fsp3) is 0.818. The summed E-state index contributed by atoms with van der Waals surface area (Å²) < 4.78 is 0. The summed E-state index contributed by atoms with van der Waals surface area (Å²) in [4.78, 5) is 11.1. The molecule has 1 rings (SSSR count). The van der Waals surface area contributed by atoms with Gasteiger partial charge in [-0.15, -0.1) is 0 Å². The van der Waals surface area contributed by atoms with Crippen LogP contribution in [0.5, 0.6) is 0 Å². The zero-order chi connectivity index (χ0) is 10.6. The Morgan fingerprint density at radius 3 is 2.79 bits per heavy atom. The van der Waals surface area contributed by atoms with Crippen LogP contribution in [0.25, 0.3) is 0 Å². The Morgan fingerprint density at radius 2 is 2.21 bits per heavy atom. The van der Waals surface area contributed by atoms with Crippen molar-refractivity contribution in [1.29, 1.82) is 0 Å². The summed E-state index contributed by atoms with van der Waals surface area (Å²) >= 11 is 0. The van der Waals surface area contributed by atoms with Gasteiger partial charge in [-0.2, -0.15) is 0 Å². The minimum atomic E-state index is -0.927. The molecule has 0 radical (unpaired) electrons. The first-order valence-corrected chi connectivity index (χ1v) is 9.29. The molecule has 0 spiro atoms. The molecular formula is C11H22NOSi+. The maximum absolute atomic E-state index is 11.1. The summed E-state index contributed by atoms with van der Waals surface area (Å²) in [6.45, 7) is 7.13. The van der Waals surface area contributed by atoms with E-state index in [4.69, 9.17) is 0 Å². The van der Waals surface area contributed by atoms with Gasteiger partial charge in [0.05, 0.1) is 26.6 Å². The zero-order valence-corrected chi connectivity index (χ0v) is 10.6. The van der Waals surface area contributed by atoms with Crippen molar-refractivity contribution in [1.82, 2.24) is 5.32 Å². The molecule has 3 heteroatoms. The van der Waals surface area contributed by atoms with Crippen molar-refractivity contribution in [2.75, 3.05) is 0 Å². The molecule has 1 unspecified atom stereocenters. The van der Waals surface area contributed by atoms with E-state index in [0.29, 0.717) is 6.04 Å². The third kappa shape index (κ3) is 4.70. The molecule has 0 aromatic heterocycles. The highest BCUT2D eigenvalue weighted by molar-refractivity contribution is 6.76. The van der Waals surface area contributed by atoms with E-state index in [1.807, 2.05) is 0 Å². The van der Waals surface area contributed by atoms with Crippen molar-refractivity contribution >= 4 is 14.0 Å². The molecule has 0 aliphatic carbocycles. The molecule has 0 bridgehead atoms. The van der Waals surface area contributed by atoms with E-state index < -0.39 is 8.07 Å². The number of rotatable bonds is 4. The topological polar surface area (TPSA) is 29.1 Å². The molecule has 1 N–H and O–H groups in total. The second-order valence-corrected chi connectivity index (χ2v) is 11.0. The highest BCUT2D eigenvalue weighted by Crippen LogP contribution is 2.17. The van der Waals surface area contributed by atoms with Crippen molar-refractivity contribution in [3.63, 3.8) is 0 Å². The number of piperidine rings is 1. The smallest absolute Gasteiger partial charge is 0.220 e. The molecule has 2 nitrogen and oxygen atoms in total. The van der Waals surface area contributed by atoms with Crippen molar-refractivity contribution < 1.29 is 4.79 Å². The van der Waals surface area contributed by atoms with E-state index in [1.54, 1.807) is 0 Å². The molecule has 0 saturated carbocycles. The first kappa shape index (κ1) is 11.6. The standard InChI is InChI=1S/C11H21NOSi/c1-14(2,3)9-5-7-10-6-4-8-11(13)12-10/h5,10H,4,6-9H2,1-3H3/p+1. The zero-order valence-electron chi connectivity index (χ0n) is 9.60. The fourth-order valence-electron chi connectivity index (χ4n) is 1.78. The van der Waals surface area contributed by atoms with Gasteiger partial charge in [0.1, 0.15) is 6.42 Å². The molecule has 1 saturated heterocycles. The molecular weight excluding hydrogens is 190 g/mol. The van der Waals surface area contributed by atoms with Gasteiger partial charge < -0.3 is 5.32 Å². The lowest BCUT2D eigenvalue weighted by molar-refractivity contribution is -0.123. The molecule has 1 amide bonds. The second kappa shape index (κ2) is 4.87. The lowest BCUT2D eigenvalue weighted by atomic mass is 10.0. The molecule has 14 heavy (non-hydrogen) atoms.